The molecule has 0 saturated carbocycles. The Balaban J connectivity index is 2.11. The summed E-state index contributed by atoms with van der Waals surface area (Å²) >= 11 is 0. The Morgan fingerprint density at radius 2 is 1.95 bits per heavy atom. The molecule has 118 valence electrons. The van der Waals surface area contributed by atoms with Gasteiger partial charge in [-0.1, -0.05) is 20.3 Å². The summed E-state index contributed by atoms with van der Waals surface area (Å²) in [4.78, 5) is 2.34. The van der Waals surface area contributed by atoms with Crippen molar-refractivity contribution in [2.45, 2.75) is 52.2 Å². The molecule has 1 fully saturated rings. The molecule has 1 heterocycles. The first-order valence-electron chi connectivity index (χ1n) is 7.92. The van der Waals surface area contributed by atoms with Gasteiger partial charge in [0.1, 0.15) is 11.6 Å². The number of benzene rings is 1. The third kappa shape index (κ3) is 4.48. The fourth-order valence-electron chi connectivity index (χ4n) is 2.98. The van der Waals surface area contributed by atoms with E-state index in [-0.39, 0.29) is 0 Å². The number of nitrogens with one attached hydrogen (secondary N) is 1. The van der Waals surface area contributed by atoms with Crippen molar-refractivity contribution in [3.05, 3.63) is 35.4 Å². The fraction of sp³-hybridized carbons (Fsp3) is 0.647. The maximum Gasteiger partial charge on any atom is 0.126 e. The zero-order chi connectivity index (χ0) is 15.4. The molecule has 21 heavy (non-hydrogen) atoms. The standard InChI is InChI=1S/C17H26F2N2/c1-4-12(2)17-11-21(13(3)5-6-20-17)10-14-7-15(18)9-16(19)8-14/h7-9,12-13,17,20H,4-6,10-11H2,1-3H3. The van der Waals surface area contributed by atoms with Crippen LogP contribution in [0.4, 0.5) is 8.78 Å². The van der Waals surface area contributed by atoms with Crippen LogP contribution in [0.2, 0.25) is 0 Å². The van der Waals surface area contributed by atoms with Crippen LogP contribution < -0.4 is 5.32 Å². The highest BCUT2D eigenvalue weighted by atomic mass is 19.1. The first kappa shape index (κ1) is 16.4. The van der Waals surface area contributed by atoms with Crippen molar-refractivity contribution in [2.24, 2.45) is 5.92 Å². The molecule has 1 aliphatic heterocycles. The molecule has 0 aliphatic carbocycles. The van der Waals surface area contributed by atoms with E-state index in [1.54, 1.807) is 0 Å². The second-order valence-electron chi connectivity index (χ2n) is 6.29. The van der Waals surface area contributed by atoms with Crippen LogP contribution in [0.25, 0.3) is 0 Å². The molecule has 2 rings (SSSR count). The molecule has 3 atom stereocenters. The van der Waals surface area contributed by atoms with Crippen molar-refractivity contribution >= 4 is 0 Å². The molecule has 3 unspecified atom stereocenters. The molecule has 2 nitrogen and oxygen atoms in total. The number of hydrogen-bond acceptors (Lipinski definition) is 2. The van der Waals surface area contributed by atoms with Gasteiger partial charge in [-0.25, -0.2) is 8.78 Å². The second-order valence-corrected chi connectivity index (χ2v) is 6.29. The van der Waals surface area contributed by atoms with E-state index < -0.39 is 11.6 Å². The lowest BCUT2D eigenvalue weighted by atomic mass is 9.98. The van der Waals surface area contributed by atoms with Crippen LogP contribution >= 0.6 is 0 Å². The molecule has 0 radical (unpaired) electrons. The minimum atomic E-state index is -0.496. The maximum atomic E-state index is 13.3. The number of rotatable bonds is 4. The van der Waals surface area contributed by atoms with Gasteiger partial charge < -0.3 is 5.32 Å². The van der Waals surface area contributed by atoms with E-state index in [4.69, 9.17) is 0 Å². The molecule has 0 spiro atoms. The van der Waals surface area contributed by atoms with Crippen molar-refractivity contribution in [2.75, 3.05) is 13.1 Å². The van der Waals surface area contributed by atoms with E-state index in [9.17, 15) is 8.78 Å². The number of halogens is 2. The highest BCUT2D eigenvalue weighted by Crippen LogP contribution is 2.19. The van der Waals surface area contributed by atoms with Crippen molar-refractivity contribution < 1.29 is 8.78 Å². The van der Waals surface area contributed by atoms with Gasteiger partial charge in [-0.2, -0.15) is 0 Å². The Morgan fingerprint density at radius 3 is 2.57 bits per heavy atom. The van der Waals surface area contributed by atoms with Gasteiger partial charge in [0.05, 0.1) is 0 Å². The minimum Gasteiger partial charge on any atom is -0.312 e. The predicted molar refractivity (Wildman–Crippen MR) is 82.1 cm³/mol. The van der Waals surface area contributed by atoms with Crippen LogP contribution in [0.1, 0.15) is 39.2 Å². The lowest BCUT2D eigenvalue weighted by molar-refractivity contribution is 0.180. The Labute approximate surface area is 126 Å². The van der Waals surface area contributed by atoms with Crippen LogP contribution in [0, 0.1) is 17.6 Å². The van der Waals surface area contributed by atoms with Gasteiger partial charge in [-0.3, -0.25) is 4.90 Å². The highest BCUT2D eigenvalue weighted by Gasteiger charge is 2.25. The van der Waals surface area contributed by atoms with Crippen molar-refractivity contribution in [3.63, 3.8) is 0 Å². The van der Waals surface area contributed by atoms with Gasteiger partial charge >= 0.3 is 0 Å². The van der Waals surface area contributed by atoms with Gasteiger partial charge in [0.15, 0.2) is 0 Å². The van der Waals surface area contributed by atoms with Crippen molar-refractivity contribution in [1.82, 2.24) is 10.2 Å². The quantitative estimate of drug-likeness (QED) is 0.914. The van der Waals surface area contributed by atoms with E-state index in [1.165, 1.54) is 12.1 Å². The third-order valence-corrected chi connectivity index (χ3v) is 4.66. The van der Waals surface area contributed by atoms with E-state index in [1.807, 2.05) is 0 Å². The summed E-state index contributed by atoms with van der Waals surface area (Å²) in [5.41, 5.74) is 0.712. The Kier molecular flexibility index (Phi) is 5.71. The molecule has 1 N–H and O–H groups in total. The summed E-state index contributed by atoms with van der Waals surface area (Å²) in [6.45, 7) is 9.18. The topological polar surface area (TPSA) is 15.3 Å². The Bertz CT molecular complexity index is 444. The Hall–Kier alpha value is -1.00. The molecule has 1 aromatic carbocycles. The first-order valence-corrected chi connectivity index (χ1v) is 7.92. The molecule has 1 aliphatic rings. The average molecular weight is 296 g/mol. The third-order valence-electron chi connectivity index (χ3n) is 4.66. The van der Waals surface area contributed by atoms with Gasteiger partial charge in [-0.05, 0) is 43.5 Å². The summed E-state index contributed by atoms with van der Waals surface area (Å²) in [7, 11) is 0. The summed E-state index contributed by atoms with van der Waals surface area (Å²) in [5, 5.41) is 3.61. The van der Waals surface area contributed by atoms with Crippen LogP contribution in [0.5, 0.6) is 0 Å². The molecular formula is C17H26F2N2. The number of nitrogens with zero attached hydrogens (tertiary/aromatic N) is 1. The molecular weight excluding hydrogens is 270 g/mol. The molecule has 0 bridgehead atoms. The predicted octanol–water partition coefficient (Wildman–Crippen LogP) is 3.56. The Morgan fingerprint density at radius 1 is 1.29 bits per heavy atom. The van der Waals surface area contributed by atoms with E-state index in [0.717, 1.165) is 32.0 Å². The number of hydrogen-bond donors (Lipinski definition) is 1. The zero-order valence-corrected chi connectivity index (χ0v) is 13.2. The second kappa shape index (κ2) is 7.32. The summed E-state index contributed by atoms with van der Waals surface area (Å²) in [6, 6.07) is 4.66. The van der Waals surface area contributed by atoms with Crippen molar-refractivity contribution in [3.8, 4) is 0 Å². The monoisotopic (exact) mass is 296 g/mol. The van der Waals surface area contributed by atoms with Crippen LogP contribution in [0.15, 0.2) is 18.2 Å². The summed E-state index contributed by atoms with van der Waals surface area (Å²) in [6.07, 6.45) is 2.19. The lowest BCUT2D eigenvalue weighted by Gasteiger charge is -2.31. The van der Waals surface area contributed by atoms with Gasteiger partial charge in [0, 0.05) is 31.2 Å². The first-order chi connectivity index (χ1) is 9.99. The van der Waals surface area contributed by atoms with Crippen LogP contribution in [-0.2, 0) is 6.54 Å². The summed E-state index contributed by atoms with van der Waals surface area (Å²) < 4.78 is 26.7. The smallest absolute Gasteiger partial charge is 0.126 e. The average Bonchev–Trinajstić information content (AvgIpc) is 2.59. The molecule has 4 heteroatoms. The molecule has 0 aromatic heterocycles. The highest BCUT2D eigenvalue weighted by molar-refractivity contribution is 5.18. The molecule has 1 saturated heterocycles. The van der Waals surface area contributed by atoms with E-state index in [2.05, 4.69) is 31.0 Å². The van der Waals surface area contributed by atoms with E-state index >= 15 is 0 Å². The largest absolute Gasteiger partial charge is 0.312 e. The normalized spacial score (nSPS) is 25.6. The van der Waals surface area contributed by atoms with Crippen molar-refractivity contribution in [1.29, 1.82) is 0 Å². The molecule has 0 amide bonds. The lowest BCUT2D eigenvalue weighted by Crippen LogP contribution is -2.43. The van der Waals surface area contributed by atoms with Gasteiger partial charge in [0.25, 0.3) is 0 Å². The molecule has 1 aromatic rings. The SMILES string of the molecule is CCC(C)C1CN(Cc2cc(F)cc(F)c2)C(C)CCN1. The van der Waals surface area contributed by atoms with Crippen LogP contribution in [0.3, 0.4) is 0 Å². The maximum absolute atomic E-state index is 13.3. The zero-order valence-electron chi connectivity index (χ0n) is 13.2. The minimum absolute atomic E-state index is 0.415. The van der Waals surface area contributed by atoms with Gasteiger partial charge in [-0.15, -0.1) is 0 Å². The fourth-order valence-corrected chi connectivity index (χ4v) is 2.98. The van der Waals surface area contributed by atoms with Gasteiger partial charge in [0.2, 0.25) is 0 Å². The van der Waals surface area contributed by atoms with Crippen LogP contribution in [-0.4, -0.2) is 30.1 Å². The summed E-state index contributed by atoms with van der Waals surface area (Å²) in [5.74, 6) is -0.393. The van der Waals surface area contributed by atoms with E-state index in [0.29, 0.717) is 30.1 Å².